The molecule has 1 aromatic heterocycles. The van der Waals surface area contributed by atoms with Gasteiger partial charge in [-0.3, -0.25) is 0 Å². The van der Waals surface area contributed by atoms with E-state index in [1.165, 1.54) is 12.1 Å². The molecule has 1 heterocycles. The number of H-pyrrole nitrogens is 1. The summed E-state index contributed by atoms with van der Waals surface area (Å²) in [6.45, 7) is 2.42. The molecule has 0 aliphatic heterocycles. The topological polar surface area (TPSA) is 25.0 Å². The third-order valence-corrected chi connectivity index (χ3v) is 4.78. The van der Waals surface area contributed by atoms with Crippen LogP contribution in [0.25, 0.3) is 22.2 Å². The Morgan fingerprint density at radius 2 is 1.61 bits per heavy atom. The van der Waals surface area contributed by atoms with Gasteiger partial charge in [0.25, 0.3) is 0 Å². The minimum Gasteiger partial charge on any atom is -0.489 e. The van der Waals surface area contributed by atoms with Gasteiger partial charge in [-0.1, -0.05) is 42.5 Å². The quantitative estimate of drug-likeness (QED) is 0.416. The third-order valence-electron chi connectivity index (χ3n) is 4.78. The van der Waals surface area contributed by atoms with Crippen molar-refractivity contribution in [1.82, 2.24) is 4.98 Å². The molecule has 142 valence electrons. The number of rotatable bonds is 4. The number of benzene rings is 3. The van der Waals surface area contributed by atoms with Gasteiger partial charge in [0.2, 0.25) is 0 Å². The van der Waals surface area contributed by atoms with Crippen molar-refractivity contribution in [3.05, 3.63) is 89.5 Å². The first-order chi connectivity index (χ1) is 13.4. The summed E-state index contributed by atoms with van der Waals surface area (Å²) in [4.78, 5) is 3.30. The van der Waals surface area contributed by atoms with Gasteiger partial charge in [-0.25, -0.2) is 0 Å². The van der Waals surface area contributed by atoms with Gasteiger partial charge in [-0.05, 0) is 53.9 Å². The molecule has 0 bridgehead atoms. The van der Waals surface area contributed by atoms with E-state index in [0.29, 0.717) is 12.2 Å². The maximum atomic E-state index is 12.8. The Balaban J connectivity index is 1.62. The van der Waals surface area contributed by atoms with E-state index in [4.69, 9.17) is 4.74 Å². The molecule has 0 fully saturated rings. The number of aromatic nitrogens is 1. The van der Waals surface area contributed by atoms with Gasteiger partial charge >= 0.3 is 6.18 Å². The van der Waals surface area contributed by atoms with Gasteiger partial charge in [-0.2, -0.15) is 13.2 Å². The van der Waals surface area contributed by atoms with E-state index in [-0.39, 0.29) is 0 Å². The molecule has 0 saturated heterocycles. The zero-order valence-electron chi connectivity index (χ0n) is 15.2. The van der Waals surface area contributed by atoms with Crippen LogP contribution in [0.4, 0.5) is 13.2 Å². The Morgan fingerprint density at radius 3 is 2.29 bits per heavy atom. The van der Waals surface area contributed by atoms with Crippen LogP contribution >= 0.6 is 0 Å². The molecule has 1 N–H and O–H groups in total. The highest BCUT2D eigenvalue weighted by atomic mass is 19.4. The molecule has 2 nitrogen and oxygen atoms in total. The molecule has 0 atom stereocenters. The number of aryl methyl sites for hydroxylation is 1. The van der Waals surface area contributed by atoms with Gasteiger partial charge in [0.1, 0.15) is 12.4 Å². The number of aromatic amines is 1. The van der Waals surface area contributed by atoms with Gasteiger partial charge in [0, 0.05) is 16.6 Å². The molecule has 0 unspecified atom stereocenters. The maximum absolute atomic E-state index is 12.8. The van der Waals surface area contributed by atoms with Crippen LogP contribution in [0.15, 0.2) is 72.8 Å². The van der Waals surface area contributed by atoms with Crippen LogP contribution in [0, 0.1) is 6.92 Å². The van der Waals surface area contributed by atoms with Crippen LogP contribution in [-0.2, 0) is 12.8 Å². The van der Waals surface area contributed by atoms with Crippen LogP contribution in [0.3, 0.4) is 0 Å². The minimum atomic E-state index is -4.33. The average molecular weight is 381 g/mol. The van der Waals surface area contributed by atoms with Gasteiger partial charge < -0.3 is 9.72 Å². The van der Waals surface area contributed by atoms with E-state index < -0.39 is 11.7 Å². The molecule has 0 amide bonds. The summed E-state index contributed by atoms with van der Waals surface area (Å²) in [6.07, 6.45) is -4.33. The summed E-state index contributed by atoms with van der Waals surface area (Å²) >= 11 is 0. The number of hydrogen-bond donors (Lipinski definition) is 1. The van der Waals surface area contributed by atoms with Crippen molar-refractivity contribution in [1.29, 1.82) is 0 Å². The summed E-state index contributed by atoms with van der Waals surface area (Å²) in [5.74, 6) is 0.748. The lowest BCUT2D eigenvalue weighted by atomic mass is 10.0. The number of alkyl halides is 3. The third kappa shape index (κ3) is 3.60. The molecule has 3 aromatic carbocycles. The first kappa shape index (κ1) is 18.2. The van der Waals surface area contributed by atoms with Crippen molar-refractivity contribution < 1.29 is 17.9 Å². The summed E-state index contributed by atoms with van der Waals surface area (Å²) < 4.78 is 44.2. The van der Waals surface area contributed by atoms with Crippen molar-refractivity contribution in [2.24, 2.45) is 0 Å². The smallest absolute Gasteiger partial charge is 0.416 e. The number of ether oxygens (including phenoxy) is 1. The maximum Gasteiger partial charge on any atom is 0.416 e. The molecule has 0 spiro atoms. The van der Waals surface area contributed by atoms with E-state index >= 15 is 0 Å². The largest absolute Gasteiger partial charge is 0.489 e. The summed E-state index contributed by atoms with van der Waals surface area (Å²) in [5, 5.41) is 0.987. The number of fused-ring (bicyclic) bond motifs is 1. The number of hydrogen-bond acceptors (Lipinski definition) is 1. The van der Waals surface area contributed by atoms with Gasteiger partial charge in [0.15, 0.2) is 0 Å². The predicted octanol–water partition coefficient (Wildman–Crippen LogP) is 6.74. The molecular weight excluding hydrogens is 363 g/mol. The van der Waals surface area contributed by atoms with Crippen molar-refractivity contribution in [2.75, 3.05) is 0 Å². The van der Waals surface area contributed by atoms with Crippen molar-refractivity contribution in [2.45, 2.75) is 19.7 Å². The van der Waals surface area contributed by atoms with E-state index in [0.717, 1.165) is 45.6 Å². The van der Waals surface area contributed by atoms with Crippen molar-refractivity contribution >= 4 is 10.9 Å². The Hall–Kier alpha value is -3.21. The second-order valence-electron chi connectivity index (χ2n) is 6.68. The Bertz CT molecular complexity index is 1100. The molecule has 0 aliphatic rings. The predicted molar refractivity (Wildman–Crippen MR) is 104 cm³/mol. The van der Waals surface area contributed by atoms with E-state index in [1.54, 1.807) is 0 Å². The highest BCUT2D eigenvalue weighted by Gasteiger charge is 2.30. The van der Waals surface area contributed by atoms with Crippen LogP contribution < -0.4 is 4.74 Å². The van der Waals surface area contributed by atoms with E-state index in [2.05, 4.69) is 4.98 Å². The second-order valence-corrected chi connectivity index (χ2v) is 6.68. The molecule has 0 aliphatic carbocycles. The monoisotopic (exact) mass is 381 g/mol. The van der Waals surface area contributed by atoms with Crippen LogP contribution in [0.5, 0.6) is 5.75 Å². The summed E-state index contributed by atoms with van der Waals surface area (Å²) in [6, 6.07) is 20.9. The van der Waals surface area contributed by atoms with Crippen molar-refractivity contribution in [3.8, 4) is 17.0 Å². The molecule has 0 radical (unpaired) electrons. The fourth-order valence-corrected chi connectivity index (χ4v) is 3.25. The number of nitrogens with one attached hydrogen (secondary N) is 1. The first-order valence-electron chi connectivity index (χ1n) is 8.88. The standard InChI is InChI=1S/C23H18F3NO/c1-15-20-13-19(28-14-16-5-3-2-4-6-16)11-12-21(20)27-22(15)17-7-9-18(10-8-17)23(24,25)26/h2-13,27H,14H2,1H3. The Kier molecular flexibility index (Phi) is 4.59. The molecule has 5 heteroatoms. The van der Waals surface area contributed by atoms with Gasteiger partial charge in [-0.15, -0.1) is 0 Å². The van der Waals surface area contributed by atoms with E-state index in [9.17, 15) is 13.2 Å². The first-order valence-corrected chi connectivity index (χ1v) is 8.88. The van der Waals surface area contributed by atoms with Crippen molar-refractivity contribution in [3.63, 3.8) is 0 Å². The van der Waals surface area contributed by atoms with Gasteiger partial charge in [0.05, 0.1) is 5.56 Å². The zero-order valence-corrected chi connectivity index (χ0v) is 15.2. The fraction of sp³-hybridized carbons (Fsp3) is 0.130. The lowest BCUT2D eigenvalue weighted by molar-refractivity contribution is -0.137. The highest BCUT2D eigenvalue weighted by molar-refractivity contribution is 5.91. The molecule has 4 aromatic rings. The molecule has 4 rings (SSSR count). The lowest BCUT2D eigenvalue weighted by Crippen LogP contribution is -2.04. The van der Waals surface area contributed by atoms with Crippen LogP contribution in [-0.4, -0.2) is 4.98 Å². The average Bonchev–Trinajstić information content (AvgIpc) is 3.03. The van der Waals surface area contributed by atoms with Crippen LogP contribution in [0.1, 0.15) is 16.7 Å². The lowest BCUT2D eigenvalue weighted by Gasteiger charge is -2.07. The van der Waals surface area contributed by atoms with E-state index in [1.807, 2.05) is 55.5 Å². The minimum absolute atomic E-state index is 0.474. The van der Waals surface area contributed by atoms with Crippen LogP contribution in [0.2, 0.25) is 0 Å². The second kappa shape index (κ2) is 7.08. The SMILES string of the molecule is Cc1c(-c2ccc(C(F)(F)F)cc2)[nH]c2ccc(OCc3ccccc3)cc12. The normalized spacial score (nSPS) is 11.7. The Morgan fingerprint density at radius 1 is 0.893 bits per heavy atom. The molecule has 0 saturated carbocycles. The summed E-state index contributed by atoms with van der Waals surface area (Å²) in [7, 11) is 0. The highest BCUT2D eigenvalue weighted by Crippen LogP contribution is 2.34. The Labute approximate surface area is 160 Å². The molecular formula is C23H18F3NO. The fourth-order valence-electron chi connectivity index (χ4n) is 3.25. The molecule has 28 heavy (non-hydrogen) atoms. The number of halogens is 3. The zero-order chi connectivity index (χ0) is 19.7. The summed E-state index contributed by atoms with van der Waals surface area (Å²) in [5.41, 5.74) is 3.84.